The SMILES string of the molecule is C=CCCC[C@@](C)(O)/C=C/C=C/C. The molecule has 0 radical (unpaired) electrons. The van der Waals surface area contributed by atoms with Gasteiger partial charge in [0.05, 0.1) is 5.60 Å². The van der Waals surface area contributed by atoms with Gasteiger partial charge in [0.2, 0.25) is 0 Å². The highest BCUT2D eigenvalue weighted by Crippen LogP contribution is 2.15. The van der Waals surface area contributed by atoms with Crippen LogP contribution >= 0.6 is 0 Å². The van der Waals surface area contributed by atoms with Gasteiger partial charge in [0.1, 0.15) is 0 Å². The molecule has 0 unspecified atom stereocenters. The summed E-state index contributed by atoms with van der Waals surface area (Å²) in [5.41, 5.74) is -0.678. The Balaban J connectivity index is 3.84. The normalized spacial score (nSPS) is 16.5. The highest BCUT2D eigenvalue weighted by Gasteiger charge is 2.13. The minimum atomic E-state index is -0.678. The van der Waals surface area contributed by atoms with Crippen molar-refractivity contribution in [1.82, 2.24) is 0 Å². The number of unbranched alkanes of at least 4 members (excludes halogenated alkanes) is 1. The Labute approximate surface area is 81.5 Å². The number of hydrogen-bond acceptors (Lipinski definition) is 1. The first-order chi connectivity index (χ1) is 6.12. The summed E-state index contributed by atoms with van der Waals surface area (Å²) in [5.74, 6) is 0. The molecule has 0 aromatic heterocycles. The van der Waals surface area contributed by atoms with E-state index in [2.05, 4.69) is 6.58 Å². The zero-order valence-corrected chi connectivity index (χ0v) is 8.66. The predicted octanol–water partition coefficient (Wildman–Crippen LogP) is 3.23. The topological polar surface area (TPSA) is 20.2 Å². The summed E-state index contributed by atoms with van der Waals surface area (Å²) in [4.78, 5) is 0. The zero-order valence-electron chi connectivity index (χ0n) is 8.66. The molecule has 0 fully saturated rings. The number of rotatable bonds is 6. The number of hydrogen-bond donors (Lipinski definition) is 1. The van der Waals surface area contributed by atoms with Crippen molar-refractivity contribution in [3.8, 4) is 0 Å². The standard InChI is InChI=1S/C12H20O/c1-4-6-8-10-12(3,13)11-9-7-5-2/h4-5,7,9,11,13H,1,6,8,10H2,2-3H3/b7-5+,11-9+/t12-/m1/s1. The Bertz CT molecular complexity index is 187. The van der Waals surface area contributed by atoms with Gasteiger partial charge >= 0.3 is 0 Å². The van der Waals surface area contributed by atoms with E-state index >= 15 is 0 Å². The van der Waals surface area contributed by atoms with Crippen LogP contribution in [0.25, 0.3) is 0 Å². The van der Waals surface area contributed by atoms with Gasteiger partial charge in [-0.15, -0.1) is 6.58 Å². The van der Waals surface area contributed by atoms with Crippen molar-refractivity contribution in [2.45, 2.75) is 38.7 Å². The Kier molecular flexibility index (Phi) is 6.25. The molecule has 0 saturated carbocycles. The first-order valence-electron chi connectivity index (χ1n) is 4.76. The molecule has 13 heavy (non-hydrogen) atoms. The van der Waals surface area contributed by atoms with E-state index in [4.69, 9.17) is 0 Å². The van der Waals surface area contributed by atoms with Crippen LogP contribution in [0.3, 0.4) is 0 Å². The molecule has 0 saturated heterocycles. The van der Waals surface area contributed by atoms with E-state index in [0.29, 0.717) is 0 Å². The Morgan fingerprint density at radius 2 is 2.08 bits per heavy atom. The molecule has 0 spiro atoms. The molecular formula is C12H20O. The van der Waals surface area contributed by atoms with Crippen molar-refractivity contribution >= 4 is 0 Å². The van der Waals surface area contributed by atoms with Crippen LogP contribution in [0.15, 0.2) is 37.0 Å². The first kappa shape index (κ1) is 12.2. The fraction of sp³-hybridized carbons (Fsp3) is 0.500. The number of aliphatic hydroxyl groups is 1. The maximum Gasteiger partial charge on any atom is 0.0802 e. The van der Waals surface area contributed by atoms with Gasteiger partial charge in [-0.2, -0.15) is 0 Å². The van der Waals surface area contributed by atoms with E-state index in [1.807, 2.05) is 44.2 Å². The maximum atomic E-state index is 9.81. The molecule has 0 aliphatic carbocycles. The Morgan fingerprint density at radius 3 is 2.62 bits per heavy atom. The maximum absolute atomic E-state index is 9.81. The average molecular weight is 180 g/mol. The largest absolute Gasteiger partial charge is 0.386 e. The summed E-state index contributed by atoms with van der Waals surface area (Å²) in [6.07, 6.45) is 12.2. The highest BCUT2D eigenvalue weighted by atomic mass is 16.3. The molecule has 0 aromatic carbocycles. The van der Waals surface area contributed by atoms with Gasteiger partial charge in [-0.1, -0.05) is 30.4 Å². The van der Waals surface area contributed by atoms with Crippen molar-refractivity contribution in [3.05, 3.63) is 37.0 Å². The smallest absolute Gasteiger partial charge is 0.0802 e. The summed E-state index contributed by atoms with van der Waals surface area (Å²) in [6.45, 7) is 7.43. The van der Waals surface area contributed by atoms with E-state index in [0.717, 1.165) is 19.3 Å². The second-order valence-corrected chi connectivity index (χ2v) is 3.42. The first-order valence-corrected chi connectivity index (χ1v) is 4.76. The molecule has 0 rings (SSSR count). The molecule has 1 atom stereocenters. The molecule has 74 valence electrons. The zero-order chi connectivity index (χ0) is 10.2. The summed E-state index contributed by atoms with van der Waals surface area (Å²) < 4.78 is 0. The lowest BCUT2D eigenvalue weighted by Crippen LogP contribution is -2.19. The van der Waals surface area contributed by atoms with Crippen LogP contribution in [0.2, 0.25) is 0 Å². The minimum Gasteiger partial charge on any atom is -0.386 e. The number of allylic oxidation sites excluding steroid dienone is 4. The third-order valence-electron chi connectivity index (χ3n) is 1.85. The fourth-order valence-corrected chi connectivity index (χ4v) is 1.06. The van der Waals surface area contributed by atoms with E-state index in [1.54, 1.807) is 0 Å². The van der Waals surface area contributed by atoms with Gasteiger partial charge in [-0.25, -0.2) is 0 Å². The molecule has 0 aromatic rings. The van der Waals surface area contributed by atoms with Gasteiger partial charge in [-0.05, 0) is 33.1 Å². The van der Waals surface area contributed by atoms with Gasteiger partial charge in [0.25, 0.3) is 0 Å². The van der Waals surface area contributed by atoms with Crippen molar-refractivity contribution < 1.29 is 5.11 Å². The minimum absolute atomic E-state index is 0.678. The molecule has 1 nitrogen and oxygen atoms in total. The Hall–Kier alpha value is -0.820. The molecule has 0 aliphatic heterocycles. The van der Waals surface area contributed by atoms with Crippen LogP contribution in [-0.4, -0.2) is 10.7 Å². The highest BCUT2D eigenvalue weighted by molar-refractivity contribution is 5.08. The molecule has 1 N–H and O–H groups in total. The molecule has 0 amide bonds. The van der Waals surface area contributed by atoms with Crippen LogP contribution in [-0.2, 0) is 0 Å². The summed E-state index contributed by atoms with van der Waals surface area (Å²) in [6, 6.07) is 0. The molecule has 0 heterocycles. The molecule has 1 heteroatoms. The van der Waals surface area contributed by atoms with Crippen molar-refractivity contribution in [3.63, 3.8) is 0 Å². The second kappa shape index (κ2) is 6.67. The summed E-state index contributed by atoms with van der Waals surface area (Å²) >= 11 is 0. The molecule has 0 aliphatic rings. The van der Waals surface area contributed by atoms with Crippen LogP contribution in [0.1, 0.15) is 33.1 Å². The van der Waals surface area contributed by atoms with E-state index < -0.39 is 5.60 Å². The molecule has 0 bridgehead atoms. The quantitative estimate of drug-likeness (QED) is 0.378. The van der Waals surface area contributed by atoms with Crippen LogP contribution < -0.4 is 0 Å². The summed E-state index contributed by atoms with van der Waals surface area (Å²) in [5, 5.41) is 9.81. The average Bonchev–Trinajstić information content (AvgIpc) is 2.05. The van der Waals surface area contributed by atoms with Gasteiger partial charge < -0.3 is 5.11 Å². The third kappa shape index (κ3) is 7.54. The van der Waals surface area contributed by atoms with E-state index in [1.165, 1.54) is 0 Å². The van der Waals surface area contributed by atoms with Gasteiger partial charge in [0.15, 0.2) is 0 Å². The predicted molar refractivity (Wildman–Crippen MR) is 58.6 cm³/mol. The lowest BCUT2D eigenvalue weighted by atomic mass is 9.98. The monoisotopic (exact) mass is 180 g/mol. The van der Waals surface area contributed by atoms with E-state index in [9.17, 15) is 5.11 Å². The fourth-order valence-electron chi connectivity index (χ4n) is 1.06. The van der Waals surface area contributed by atoms with Crippen molar-refractivity contribution in [2.75, 3.05) is 0 Å². The van der Waals surface area contributed by atoms with Crippen LogP contribution in [0, 0.1) is 0 Å². The van der Waals surface area contributed by atoms with Crippen LogP contribution in [0.4, 0.5) is 0 Å². The van der Waals surface area contributed by atoms with Gasteiger partial charge in [0, 0.05) is 0 Å². The lowest BCUT2D eigenvalue weighted by molar-refractivity contribution is 0.0997. The summed E-state index contributed by atoms with van der Waals surface area (Å²) in [7, 11) is 0. The van der Waals surface area contributed by atoms with Gasteiger partial charge in [-0.3, -0.25) is 0 Å². The third-order valence-corrected chi connectivity index (χ3v) is 1.85. The van der Waals surface area contributed by atoms with Crippen molar-refractivity contribution in [2.24, 2.45) is 0 Å². The van der Waals surface area contributed by atoms with Crippen LogP contribution in [0.5, 0.6) is 0 Å². The Morgan fingerprint density at radius 1 is 1.38 bits per heavy atom. The lowest BCUT2D eigenvalue weighted by Gasteiger charge is -2.17. The van der Waals surface area contributed by atoms with E-state index in [-0.39, 0.29) is 0 Å². The van der Waals surface area contributed by atoms with Crippen molar-refractivity contribution in [1.29, 1.82) is 0 Å². The second-order valence-electron chi connectivity index (χ2n) is 3.42. The molecular weight excluding hydrogens is 160 g/mol.